The van der Waals surface area contributed by atoms with E-state index < -0.39 is 16.3 Å². The number of fused-ring (bicyclic) bond motifs is 1. The molecule has 4 rings (SSSR count). The topological polar surface area (TPSA) is 69.7 Å². The Morgan fingerprint density at radius 3 is 2.81 bits per heavy atom. The highest BCUT2D eigenvalue weighted by Crippen LogP contribution is 2.33. The number of nitrogens with zero attached hydrogens (tertiary/aromatic N) is 2. The molecule has 1 aromatic heterocycles. The van der Waals surface area contributed by atoms with Gasteiger partial charge in [0.15, 0.2) is 0 Å². The molecule has 0 spiro atoms. The summed E-state index contributed by atoms with van der Waals surface area (Å²) in [6.45, 7) is 0.622. The summed E-state index contributed by atoms with van der Waals surface area (Å²) in [5, 5.41) is 1.92. The summed E-state index contributed by atoms with van der Waals surface area (Å²) in [4.78, 5) is 16.0. The molecule has 2 aliphatic heterocycles. The molecule has 1 amide bonds. The van der Waals surface area contributed by atoms with Crippen molar-refractivity contribution in [2.45, 2.75) is 31.3 Å². The summed E-state index contributed by atoms with van der Waals surface area (Å²) in [7, 11) is -2.23. The number of para-hydroxylation sites is 1. The minimum atomic E-state index is -3.70. The first-order valence-electron chi connectivity index (χ1n) is 8.65. The molecule has 8 heteroatoms. The van der Waals surface area contributed by atoms with E-state index in [1.54, 1.807) is 4.90 Å². The Morgan fingerprint density at radius 2 is 2.04 bits per heavy atom. The Hall–Kier alpha value is -1.74. The number of amides is 1. The van der Waals surface area contributed by atoms with Crippen LogP contribution in [0.1, 0.15) is 29.3 Å². The van der Waals surface area contributed by atoms with E-state index in [1.165, 1.54) is 22.7 Å². The van der Waals surface area contributed by atoms with Crippen LogP contribution in [-0.2, 0) is 21.4 Å². The van der Waals surface area contributed by atoms with Gasteiger partial charge in [0.1, 0.15) is 6.04 Å². The second-order valence-electron chi connectivity index (χ2n) is 6.68. The van der Waals surface area contributed by atoms with Gasteiger partial charge in [0.25, 0.3) is 10.2 Å². The number of aryl methyl sites for hydroxylation is 1. The van der Waals surface area contributed by atoms with Gasteiger partial charge in [-0.25, -0.2) is 0 Å². The van der Waals surface area contributed by atoms with Crippen LogP contribution in [0, 0.1) is 0 Å². The van der Waals surface area contributed by atoms with Crippen molar-refractivity contribution >= 4 is 33.1 Å². The van der Waals surface area contributed by atoms with E-state index in [2.05, 4.69) is 4.72 Å². The molecule has 26 heavy (non-hydrogen) atoms. The van der Waals surface area contributed by atoms with Gasteiger partial charge < -0.3 is 4.90 Å². The number of benzene rings is 1. The molecule has 0 aliphatic carbocycles. The third kappa shape index (κ3) is 3.07. The molecular formula is C18H21N3O3S2. The van der Waals surface area contributed by atoms with E-state index in [0.29, 0.717) is 13.0 Å². The van der Waals surface area contributed by atoms with Crippen molar-refractivity contribution in [3.63, 3.8) is 0 Å². The Morgan fingerprint density at radius 1 is 1.23 bits per heavy atom. The molecule has 0 bridgehead atoms. The standard InChI is InChI=1S/C18H21N3O3S2/c1-20-16(12-14(19-26(20,23)24)17-9-5-11-25-17)18(22)21-10-4-7-13-6-2-3-8-15(13)21/h2-3,5-6,8-9,11,14,16,19H,4,7,10,12H2,1H3/t14-,16+/m1/s1. The average Bonchev–Trinajstić information content (AvgIpc) is 3.17. The number of anilines is 1. The maximum Gasteiger partial charge on any atom is 0.280 e. The molecule has 6 nitrogen and oxygen atoms in total. The highest BCUT2D eigenvalue weighted by Gasteiger charge is 2.43. The maximum absolute atomic E-state index is 13.3. The first kappa shape index (κ1) is 17.7. The lowest BCUT2D eigenvalue weighted by Crippen LogP contribution is -2.58. The predicted octanol–water partition coefficient (Wildman–Crippen LogP) is 2.31. The number of thiophene rings is 1. The summed E-state index contributed by atoms with van der Waals surface area (Å²) >= 11 is 1.50. The molecule has 1 fully saturated rings. The molecule has 1 aromatic carbocycles. The van der Waals surface area contributed by atoms with Crippen LogP contribution in [0.3, 0.4) is 0 Å². The number of likely N-dealkylation sites (N-methyl/N-ethyl adjacent to an activating group) is 1. The van der Waals surface area contributed by atoms with E-state index >= 15 is 0 Å². The molecule has 138 valence electrons. The molecule has 1 N–H and O–H groups in total. The summed E-state index contributed by atoms with van der Waals surface area (Å²) < 4.78 is 29.0. The second kappa shape index (κ2) is 6.77. The van der Waals surface area contributed by atoms with Crippen LogP contribution in [0.25, 0.3) is 0 Å². The van der Waals surface area contributed by atoms with Gasteiger partial charge in [0.05, 0.1) is 6.04 Å². The lowest BCUT2D eigenvalue weighted by molar-refractivity contribution is -0.122. The fourth-order valence-electron chi connectivity index (χ4n) is 3.71. The predicted molar refractivity (Wildman–Crippen MR) is 102 cm³/mol. The Bertz CT molecular complexity index is 912. The van der Waals surface area contributed by atoms with Gasteiger partial charge in [-0.15, -0.1) is 11.3 Å². The maximum atomic E-state index is 13.3. The van der Waals surface area contributed by atoms with Crippen molar-refractivity contribution in [2.75, 3.05) is 18.5 Å². The van der Waals surface area contributed by atoms with Crippen LogP contribution >= 0.6 is 11.3 Å². The van der Waals surface area contributed by atoms with Crippen molar-refractivity contribution in [3.8, 4) is 0 Å². The average molecular weight is 392 g/mol. The number of hydrogen-bond donors (Lipinski definition) is 1. The molecule has 0 unspecified atom stereocenters. The van der Waals surface area contributed by atoms with Crippen LogP contribution in [0.2, 0.25) is 0 Å². The molecule has 1 saturated heterocycles. The van der Waals surface area contributed by atoms with Crippen molar-refractivity contribution in [1.29, 1.82) is 0 Å². The van der Waals surface area contributed by atoms with E-state index in [1.807, 2.05) is 41.8 Å². The van der Waals surface area contributed by atoms with Gasteiger partial charge in [-0.1, -0.05) is 24.3 Å². The van der Waals surface area contributed by atoms with E-state index in [4.69, 9.17) is 0 Å². The van der Waals surface area contributed by atoms with Crippen LogP contribution in [-0.4, -0.2) is 38.3 Å². The van der Waals surface area contributed by atoms with Crippen molar-refractivity contribution in [3.05, 3.63) is 52.2 Å². The Kier molecular flexibility index (Phi) is 4.60. The minimum Gasteiger partial charge on any atom is -0.311 e. The molecular weight excluding hydrogens is 370 g/mol. The summed E-state index contributed by atoms with van der Waals surface area (Å²) in [5.74, 6) is -0.147. The van der Waals surface area contributed by atoms with Crippen LogP contribution < -0.4 is 9.62 Å². The van der Waals surface area contributed by atoms with Crippen LogP contribution in [0.15, 0.2) is 41.8 Å². The van der Waals surface area contributed by atoms with E-state index in [9.17, 15) is 13.2 Å². The largest absolute Gasteiger partial charge is 0.311 e. The smallest absolute Gasteiger partial charge is 0.280 e. The first-order valence-corrected chi connectivity index (χ1v) is 11.0. The van der Waals surface area contributed by atoms with Crippen LogP contribution in [0.5, 0.6) is 0 Å². The molecule has 2 atom stereocenters. The molecule has 0 saturated carbocycles. The summed E-state index contributed by atoms with van der Waals surface area (Å²) in [6.07, 6.45) is 2.25. The zero-order valence-electron chi connectivity index (χ0n) is 14.5. The third-order valence-corrected chi connectivity index (χ3v) is 7.70. The lowest BCUT2D eigenvalue weighted by Gasteiger charge is -2.39. The number of nitrogens with one attached hydrogen (secondary N) is 1. The number of carbonyl (C=O) groups excluding carboxylic acids is 1. The SMILES string of the molecule is CN1[C@H](C(=O)N2CCCc3ccccc32)C[C@H](c2cccs2)NS1(=O)=O. The molecule has 2 aromatic rings. The van der Waals surface area contributed by atoms with Gasteiger partial charge >= 0.3 is 0 Å². The van der Waals surface area contributed by atoms with E-state index in [0.717, 1.165) is 29.0 Å². The highest BCUT2D eigenvalue weighted by atomic mass is 32.2. The minimum absolute atomic E-state index is 0.147. The Labute approximate surface area is 157 Å². The van der Waals surface area contributed by atoms with Crippen molar-refractivity contribution in [1.82, 2.24) is 9.03 Å². The van der Waals surface area contributed by atoms with Gasteiger partial charge in [-0.2, -0.15) is 17.4 Å². The zero-order valence-corrected chi connectivity index (χ0v) is 16.1. The zero-order chi connectivity index (χ0) is 18.3. The second-order valence-corrected chi connectivity index (χ2v) is 9.42. The lowest BCUT2D eigenvalue weighted by atomic mass is 9.99. The van der Waals surface area contributed by atoms with Crippen molar-refractivity contribution in [2.24, 2.45) is 0 Å². The number of carbonyl (C=O) groups is 1. The highest BCUT2D eigenvalue weighted by molar-refractivity contribution is 7.87. The number of hydrogen-bond acceptors (Lipinski definition) is 4. The monoisotopic (exact) mass is 391 g/mol. The first-order chi connectivity index (χ1) is 12.5. The normalized spacial score (nSPS) is 25.7. The third-order valence-electron chi connectivity index (χ3n) is 5.12. The fraction of sp³-hybridized carbons (Fsp3) is 0.389. The Balaban J connectivity index is 1.66. The summed E-state index contributed by atoms with van der Waals surface area (Å²) in [6, 6.07) is 10.6. The van der Waals surface area contributed by atoms with Gasteiger partial charge in [-0.05, 0) is 42.3 Å². The quantitative estimate of drug-likeness (QED) is 0.854. The summed E-state index contributed by atoms with van der Waals surface area (Å²) in [5.41, 5.74) is 2.04. The molecule has 0 radical (unpaired) electrons. The molecule has 3 heterocycles. The van der Waals surface area contributed by atoms with Crippen LogP contribution in [0.4, 0.5) is 5.69 Å². The number of rotatable bonds is 2. The van der Waals surface area contributed by atoms with Gasteiger partial charge in [-0.3, -0.25) is 4.79 Å². The van der Waals surface area contributed by atoms with Gasteiger partial charge in [0, 0.05) is 24.2 Å². The molecule has 2 aliphatic rings. The van der Waals surface area contributed by atoms with Gasteiger partial charge in [0.2, 0.25) is 5.91 Å². The van der Waals surface area contributed by atoms with Crippen molar-refractivity contribution < 1.29 is 13.2 Å². The fourth-order valence-corrected chi connectivity index (χ4v) is 5.84. The van der Waals surface area contributed by atoms with E-state index in [-0.39, 0.29) is 11.9 Å².